The molecule has 0 spiro atoms. The molecular weight excluding hydrogens is 607 g/mol. The number of fused-ring (bicyclic) bond motifs is 4. The van der Waals surface area contributed by atoms with Gasteiger partial charge in [0.2, 0.25) is 0 Å². The van der Waals surface area contributed by atoms with Crippen LogP contribution in [0, 0.1) is 0 Å². The lowest BCUT2D eigenvalue weighted by Gasteiger charge is -2.25. The lowest BCUT2D eigenvalue weighted by molar-refractivity contribution is 0.100. The van der Waals surface area contributed by atoms with Crippen molar-refractivity contribution in [1.82, 2.24) is 0 Å². The molecule has 0 heterocycles. The van der Waals surface area contributed by atoms with Crippen molar-refractivity contribution in [3.05, 3.63) is 87.4 Å². The summed E-state index contributed by atoms with van der Waals surface area (Å²) in [4.78, 5) is 12.8. The summed E-state index contributed by atoms with van der Waals surface area (Å²) in [5, 5.41) is 14.6. The van der Waals surface area contributed by atoms with Crippen LogP contribution in [0.3, 0.4) is 0 Å². The van der Waals surface area contributed by atoms with Crippen molar-refractivity contribution in [3.63, 3.8) is 0 Å². The quantitative estimate of drug-likeness (QED) is 0.0939. The van der Waals surface area contributed by atoms with Crippen molar-refractivity contribution >= 4 is 131 Å². The average Bonchev–Trinajstić information content (AvgIpc) is 2.88. The van der Waals surface area contributed by atoms with Crippen molar-refractivity contribution in [2.75, 3.05) is 0 Å². The van der Waals surface area contributed by atoms with Gasteiger partial charge in [0.05, 0.1) is 10.1 Å². The predicted octanol–water partition coefficient (Wildman–Crippen LogP) is 10.4. The number of carbonyl (C=O) groups is 1. The smallest absolute Gasteiger partial charge is 0.182 e. The van der Waals surface area contributed by atoms with Crippen molar-refractivity contribution in [3.8, 4) is 0 Å². The molecule has 0 saturated carbocycles. The van der Waals surface area contributed by atoms with Crippen LogP contribution in [0.1, 0.15) is 15.9 Å². The normalized spacial score (nSPS) is 16.8. The van der Waals surface area contributed by atoms with Gasteiger partial charge < -0.3 is 0 Å². The van der Waals surface area contributed by atoms with Crippen LogP contribution in [0.2, 0.25) is 5.02 Å². The van der Waals surface area contributed by atoms with E-state index in [9.17, 15) is 4.79 Å². The SMILES string of the molecule is O=C1c2cc3ccc4cc5c6ccccc6cc6ccc7c(Cl)c(c2C(Cl)=C(Br)C1Br)c3c4c7c65. The highest BCUT2D eigenvalue weighted by atomic mass is 79.9. The molecule has 0 aliphatic heterocycles. The minimum absolute atomic E-state index is 0.0266. The van der Waals surface area contributed by atoms with Crippen LogP contribution < -0.4 is 0 Å². The number of alkyl halides is 1. The van der Waals surface area contributed by atoms with Gasteiger partial charge in [0, 0.05) is 31.8 Å². The zero-order valence-electron chi connectivity index (χ0n) is 17.8. The molecule has 0 aromatic heterocycles. The first-order valence-corrected chi connectivity index (χ1v) is 13.7. The molecule has 7 aromatic carbocycles. The van der Waals surface area contributed by atoms with Crippen LogP contribution in [0.4, 0.5) is 0 Å². The highest BCUT2D eigenvalue weighted by Gasteiger charge is 2.34. The largest absolute Gasteiger partial charge is 0.292 e. The van der Waals surface area contributed by atoms with Crippen molar-refractivity contribution in [2.24, 2.45) is 0 Å². The van der Waals surface area contributed by atoms with Crippen molar-refractivity contribution < 1.29 is 4.79 Å². The Labute approximate surface area is 226 Å². The first kappa shape index (κ1) is 20.7. The fraction of sp³-hybridized carbons (Fsp3) is 0.0333. The fourth-order valence-corrected chi connectivity index (χ4v) is 7.77. The third-order valence-electron chi connectivity index (χ3n) is 7.56. The second-order valence-corrected chi connectivity index (χ2v) is 11.8. The van der Waals surface area contributed by atoms with E-state index in [1.165, 1.54) is 37.7 Å². The molecule has 1 atom stereocenters. The van der Waals surface area contributed by atoms with E-state index in [1.807, 2.05) is 6.07 Å². The number of rotatable bonds is 0. The zero-order chi connectivity index (χ0) is 23.7. The number of halogens is 4. The summed E-state index contributed by atoms with van der Waals surface area (Å²) in [6.07, 6.45) is 0. The Morgan fingerprint density at radius 1 is 0.657 bits per heavy atom. The summed E-state index contributed by atoms with van der Waals surface area (Å²) < 4.78 is 0.631. The van der Waals surface area contributed by atoms with Crippen LogP contribution in [0.5, 0.6) is 0 Å². The summed E-state index contributed by atoms with van der Waals surface area (Å²) in [5.41, 5.74) is 1.30. The van der Waals surface area contributed by atoms with Crippen molar-refractivity contribution in [1.29, 1.82) is 0 Å². The molecule has 0 fully saturated rings. The first-order chi connectivity index (χ1) is 17.0. The maximum absolute atomic E-state index is 13.3. The number of allylic oxidation sites excluding steroid dienone is 1. The molecule has 7 aromatic rings. The highest BCUT2D eigenvalue weighted by molar-refractivity contribution is 9.14. The van der Waals surface area contributed by atoms with E-state index in [0.717, 1.165) is 26.9 Å². The maximum Gasteiger partial charge on any atom is 0.182 e. The molecule has 8 rings (SSSR count). The van der Waals surface area contributed by atoms with Gasteiger partial charge in [-0.05, 0) is 66.7 Å². The number of benzene rings is 7. The molecule has 0 N–H and O–H groups in total. The van der Waals surface area contributed by atoms with Gasteiger partial charge in [-0.2, -0.15) is 0 Å². The molecule has 1 nitrogen and oxygen atoms in total. The Kier molecular flexibility index (Phi) is 4.06. The summed E-state index contributed by atoms with van der Waals surface area (Å²) in [6, 6.07) is 23.6. The van der Waals surface area contributed by atoms with E-state index in [4.69, 9.17) is 23.2 Å². The lowest BCUT2D eigenvalue weighted by atomic mass is 9.82. The van der Waals surface area contributed by atoms with Gasteiger partial charge in [-0.25, -0.2) is 0 Å². The standard InChI is InChI=1S/C30H12Br2Cl2O/c31-26-27(32)30(35)19-11-15-6-5-14-10-18-16-4-2-1-3-12(16)9-13-7-8-17-23(20(13)18)21(14)22(15)25(28(17)33)24(19)29(26)34/h1-11,27H. The number of hydrogen-bond acceptors (Lipinski definition) is 1. The van der Waals surface area contributed by atoms with Crippen LogP contribution in [0.25, 0.3) is 69.7 Å². The molecule has 0 saturated heterocycles. The zero-order valence-corrected chi connectivity index (χ0v) is 22.5. The van der Waals surface area contributed by atoms with Crippen LogP contribution in [0.15, 0.2) is 71.2 Å². The Morgan fingerprint density at radius 3 is 2.17 bits per heavy atom. The number of hydrogen-bond donors (Lipinski definition) is 0. The monoisotopic (exact) mass is 616 g/mol. The Bertz CT molecular complexity index is 2130. The molecule has 0 bridgehead atoms. The minimum Gasteiger partial charge on any atom is -0.292 e. The van der Waals surface area contributed by atoms with Gasteiger partial charge in [-0.1, -0.05) is 104 Å². The summed E-state index contributed by atoms with van der Waals surface area (Å²) in [7, 11) is 0. The molecule has 1 aliphatic carbocycles. The average molecular weight is 619 g/mol. The first-order valence-electron chi connectivity index (χ1n) is 11.2. The fourth-order valence-electron chi connectivity index (χ4n) is 6.11. The van der Waals surface area contributed by atoms with E-state index in [1.54, 1.807) is 0 Å². The third-order valence-corrected chi connectivity index (χ3v) is 10.9. The van der Waals surface area contributed by atoms with Gasteiger partial charge in [-0.15, -0.1) is 0 Å². The molecule has 35 heavy (non-hydrogen) atoms. The second kappa shape index (κ2) is 6.86. The Hall–Kier alpha value is -2.43. The Morgan fingerprint density at radius 2 is 1.34 bits per heavy atom. The molecule has 1 aliphatic rings. The number of carbonyl (C=O) groups excluding carboxylic acids is 1. The van der Waals surface area contributed by atoms with E-state index < -0.39 is 4.83 Å². The minimum atomic E-state index is -0.507. The predicted molar refractivity (Wildman–Crippen MR) is 158 cm³/mol. The molecular formula is C30H12Br2Cl2O. The summed E-state index contributed by atoms with van der Waals surface area (Å²) >= 11 is 21.2. The second-order valence-electron chi connectivity index (χ2n) is 9.25. The van der Waals surface area contributed by atoms with Gasteiger partial charge in [0.25, 0.3) is 0 Å². The number of ketones is 1. The lowest BCUT2D eigenvalue weighted by Crippen LogP contribution is -2.21. The van der Waals surface area contributed by atoms with Gasteiger partial charge in [0.15, 0.2) is 5.78 Å². The molecule has 0 radical (unpaired) electrons. The van der Waals surface area contributed by atoms with Crippen molar-refractivity contribution in [2.45, 2.75) is 4.83 Å². The highest BCUT2D eigenvalue weighted by Crippen LogP contribution is 2.52. The summed E-state index contributed by atoms with van der Waals surface area (Å²) in [6.45, 7) is 0. The third kappa shape index (κ3) is 2.43. The van der Waals surface area contributed by atoms with E-state index in [0.29, 0.717) is 25.7 Å². The molecule has 1 unspecified atom stereocenters. The topological polar surface area (TPSA) is 17.1 Å². The molecule has 5 heteroatoms. The maximum atomic E-state index is 13.3. The van der Waals surface area contributed by atoms with Gasteiger partial charge in [0.1, 0.15) is 4.83 Å². The van der Waals surface area contributed by atoms with Gasteiger partial charge >= 0.3 is 0 Å². The Balaban J connectivity index is 1.72. The van der Waals surface area contributed by atoms with Crippen LogP contribution >= 0.6 is 55.1 Å². The van der Waals surface area contributed by atoms with E-state index in [-0.39, 0.29) is 5.78 Å². The van der Waals surface area contributed by atoms with Gasteiger partial charge in [-0.3, -0.25) is 4.79 Å². The summed E-state index contributed by atoms with van der Waals surface area (Å²) in [5.74, 6) is -0.0266. The van der Waals surface area contributed by atoms with E-state index >= 15 is 0 Å². The number of Topliss-reactive ketones (excluding diaryl/α,β-unsaturated/α-hetero) is 1. The molecule has 166 valence electrons. The van der Waals surface area contributed by atoms with Crippen LogP contribution in [-0.2, 0) is 0 Å². The van der Waals surface area contributed by atoms with Crippen LogP contribution in [-0.4, -0.2) is 10.6 Å². The molecule has 0 amide bonds. The van der Waals surface area contributed by atoms with E-state index in [2.05, 4.69) is 92.5 Å².